The second-order valence-corrected chi connectivity index (χ2v) is 5.46. The van der Waals surface area contributed by atoms with Gasteiger partial charge in [-0.05, 0) is 31.0 Å². The summed E-state index contributed by atoms with van der Waals surface area (Å²) < 4.78 is 0. The van der Waals surface area contributed by atoms with E-state index in [0.29, 0.717) is 0 Å². The lowest BCUT2D eigenvalue weighted by molar-refractivity contribution is 0.151. The molecule has 5 heteroatoms. The van der Waals surface area contributed by atoms with Crippen LogP contribution < -0.4 is 5.32 Å². The summed E-state index contributed by atoms with van der Waals surface area (Å²) in [6.45, 7) is 6.77. The quantitative estimate of drug-likeness (QED) is 0.864. The van der Waals surface area contributed by atoms with Crippen LogP contribution in [0.15, 0.2) is 29.2 Å². The van der Waals surface area contributed by atoms with E-state index >= 15 is 0 Å². The summed E-state index contributed by atoms with van der Waals surface area (Å²) in [5.74, 6) is 0. The van der Waals surface area contributed by atoms with Crippen LogP contribution in [0.4, 0.5) is 10.5 Å². The lowest BCUT2D eigenvalue weighted by Gasteiger charge is -2.34. The average molecular weight is 279 g/mol. The number of rotatable bonds is 3. The van der Waals surface area contributed by atoms with Gasteiger partial charge in [0.1, 0.15) is 0 Å². The summed E-state index contributed by atoms with van der Waals surface area (Å²) in [5, 5.41) is 2.97. The van der Waals surface area contributed by atoms with Crippen LogP contribution in [0.3, 0.4) is 0 Å². The minimum atomic E-state index is 0.00834. The maximum absolute atomic E-state index is 12.2. The van der Waals surface area contributed by atoms with Crippen molar-refractivity contribution < 1.29 is 4.79 Å². The van der Waals surface area contributed by atoms with Gasteiger partial charge in [0.2, 0.25) is 0 Å². The molecule has 19 heavy (non-hydrogen) atoms. The van der Waals surface area contributed by atoms with Crippen LogP contribution in [0, 0.1) is 0 Å². The second kappa shape index (κ2) is 6.82. The van der Waals surface area contributed by atoms with E-state index in [2.05, 4.69) is 17.1 Å². The molecule has 0 unspecified atom stereocenters. The number of nitrogens with one attached hydrogen (secondary N) is 1. The fourth-order valence-electron chi connectivity index (χ4n) is 2.17. The smallest absolute Gasteiger partial charge is 0.321 e. The van der Waals surface area contributed by atoms with Crippen LogP contribution in [-0.4, -0.2) is 54.8 Å². The van der Waals surface area contributed by atoms with Crippen molar-refractivity contribution >= 4 is 23.5 Å². The molecule has 1 aromatic rings. The van der Waals surface area contributed by atoms with Crippen LogP contribution >= 0.6 is 11.8 Å². The predicted molar refractivity (Wildman–Crippen MR) is 80.9 cm³/mol. The number of carbonyl (C=O) groups is 1. The molecule has 4 nitrogen and oxygen atoms in total. The topological polar surface area (TPSA) is 35.6 Å². The highest BCUT2D eigenvalue weighted by molar-refractivity contribution is 7.98. The number of likely N-dealkylation sites (N-methyl/N-ethyl adjacent to an activating group) is 1. The molecule has 2 amide bonds. The Kier molecular flexibility index (Phi) is 5.10. The molecule has 104 valence electrons. The number of amides is 2. The zero-order valence-electron chi connectivity index (χ0n) is 11.6. The first-order chi connectivity index (χ1) is 9.22. The zero-order chi connectivity index (χ0) is 13.7. The normalized spacial score (nSPS) is 16.4. The van der Waals surface area contributed by atoms with Gasteiger partial charge in [0.15, 0.2) is 0 Å². The minimum absolute atomic E-state index is 0.00834. The van der Waals surface area contributed by atoms with Crippen molar-refractivity contribution in [3.8, 4) is 0 Å². The maximum atomic E-state index is 12.2. The largest absolute Gasteiger partial charge is 0.322 e. The van der Waals surface area contributed by atoms with Crippen molar-refractivity contribution in [3.05, 3.63) is 24.3 Å². The summed E-state index contributed by atoms with van der Waals surface area (Å²) in [7, 11) is 0. The molecule has 1 N–H and O–H groups in total. The van der Waals surface area contributed by atoms with Crippen LogP contribution in [0.2, 0.25) is 0 Å². The molecule has 1 aliphatic heterocycles. The first-order valence-electron chi connectivity index (χ1n) is 6.65. The van der Waals surface area contributed by atoms with Gasteiger partial charge in [0.05, 0.1) is 0 Å². The van der Waals surface area contributed by atoms with Crippen molar-refractivity contribution in [1.82, 2.24) is 9.80 Å². The molecule has 1 saturated heterocycles. The van der Waals surface area contributed by atoms with E-state index in [9.17, 15) is 4.79 Å². The molecule has 1 fully saturated rings. The zero-order valence-corrected chi connectivity index (χ0v) is 12.4. The Bertz CT molecular complexity index is 430. The van der Waals surface area contributed by atoms with E-state index in [-0.39, 0.29) is 6.03 Å². The highest BCUT2D eigenvalue weighted by Gasteiger charge is 2.19. The number of anilines is 1. The first kappa shape index (κ1) is 14.2. The molecule has 0 saturated carbocycles. The van der Waals surface area contributed by atoms with Gasteiger partial charge in [-0.1, -0.05) is 13.0 Å². The third-order valence-electron chi connectivity index (χ3n) is 3.43. The molecule has 0 aliphatic carbocycles. The first-order valence-corrected chi connectivity index (χ1v) is 7.87. The molecular weight excluding hydrogens is 258 g/mol. The van der Waals surface area contributed by atoms with Crippen molar-refractivity contribution in [2.75, 3.05) is 44.3 Å². The Balaban J connectivity index is 1.90. The number of thioether (sulfide) groups is 1. The Labute approximate surface area is 119 Å². The van der Waals surface area contributed by atoms with Gasteiger partial charge in [-0.2, -0.15) is 0 Å². The molecule has 1 aromatic carbocycles. The molecule has 0 radical (unpaired) electrons. The van der Waals surface area contributed by atoms with E-state index < -0.39 is 0 Å². The van der Waals surface area contributed by atoms with Gasteiger partial charge in [0, 0.05) is 36.8 Å². The molecule has 1 heterocycles. The lowest BCUT2D eigenvalue weighted by Crippen LogP contribution is -2.49. The summed E-state index contributed by atoms with van der Waals surface area (Å²) in [6, 6.07) is 7.95. The highest BCUT2D eigenvalue weighted by atomic mass is 32.2. The highest BCUT2D eigenvalue weighted by Crippen LogP contribution is 2.19. The number of hydrogen-bond acceptors (Lipinski definition) is 3. The van der Waals surface area contributed by atoms with Crippen molar-refractivity contribution in [2.45, 2.75) is 11.8 Å². The van der Waals surface area contributed by atoms with Gasteiger partial charge < -0.3 is 15.1 Å². The molecule has 1 aliphatic rings. The van der Waals surface area contributed by atoms with Gasteiger partial charge in [0.25, 0.3) is 0 Å². The Morgan fingerprint density at radius 3 is 2.68 bits per heavy atom. The Hall–Kier alpha value is -1.20. The SMILES string of the molecule is CCN1CCN(C(=O)Nc2cccc(SC)c2)CC1. The van der Waals surface area contributed by atoms with Gasteiger partial charge in [-0.3, -0.25) is 0 Å². The number of benzene rings is 1. The fraction of sp³-hybridized carbons (Fsp3) is 0.500. The summed E-state index contributed by atoms with van der Waals surface area (Å²) in [5.41, 5.74) is 0.870. The number of carbonyl (C=O) groups excluding carboxylic acids is 1. The standard InChI is InChI=1S/C14H21N3OS/c1-3-16-7-9-17(10-8-16)14(18)15-12-5-4-6-13(11-12)19-2/h4-6,11H,3,7-10H2,1-2H3,(H,15,18). The molecule has 2 rings (SSSR count). The maximum Gasteiger partial charge on any atom is 0.321 e. The Morgan fingerprint density at radius 1 is 1.32 bits per heavy atom. The molecular formula is C14H21N3OS. The summed E-state index contributed by atoms with van der Waals surface area (Å²) in [4.78, 5) is 17.6. The molecule has 0 atom stereocenters. The van der Waals surface area contributed by atoms with E-state index in [4.69, 9.17) is 0 Å². The minimum Gasteiger partial charge on any atom is -0.322 e. The third-order valence-corrected chi connectivity index (χ3v) is 4.15. The van der Waals surface area contributed by atoms with Crippen LogP contribution in [0.1, 0.15) is 6.92 Å². The van der Waals surface area contributed by atoms with Crippen molar-refractivity contribution in [1.29, 1.82) is 0 Å². The third kappa shape index (κ3) is 3.88. The molecule has 0 bridgehead atoms. The summed E-state index contributed by atoms with van der Waals surface area (Å²) in [6.07, 6.45) is 2.03. The Morgan fingerprint density at radius 2 is 2.05 bits per heavy atom. The van der Waals surface area contributed by atoms with Crippen LogP contribution in [-0.2, 0) is 0 Å². The van der Waals surface area contributed by atoms with E-state index in [0.717, 1.165) is 43.3 Å². The number of nitrogens with zero attached hydrogens (tertiary/aromatic N) is 2. The van der Waals surface area contributed by atoms with E-state index in [1.165, 1.54) is 0 Å². The van der Waals surface area contributed by atoms with Gasteiger partial charge >= 0.3 is 6.03 Å². The van der Waals surface area contributed by atoms with Crippen molar-refractivity contribution in [3.63, 3.8) is 0 Å². The fourth-order valence-corrected chi connectivity index (χ4v) is 2.63. The van der Waals surface area contributed by atoms with Crippen LogP contribution in [0.5, 0.6) is 0 Å². The molecule has 0 spiro atoms. The van der Waals surface area contributed by atoms with E-state index in [1.54, 1.807) is 11.8 Å². The number of urea groups is 1. The second-order valence-electron chi connectivity index (χ2n) is 4.58. The number of piperazine rings is 1. The predicted octanol–water partition coefficient (Wildman–Crippen LogP) is 2.58. The monoisotopic (exact) mass is 279 g/mol. The lowest BCUT2D eigenvalue weighted by atomic mass is 10.3. The van der Waals surface area contributed by atoms with Crippen molar-refractivity contribution in [2.24, 2.45) is 0 Å². The van der Waals surface area contributed by atoms with Gasteiger partial charge in [-0.15, -0.1) is 11.8 Å². The van der Waals surface area contributed by atoms with Gasteiger partial charge in [-0.25, -0.2) is 4.79 Å². The average Bonchev–Trinajstić information content (AvgIpc) is 2.47. The summed E-state index contributed by atoms with van der Waals surface area (Å²) >= 11 is 1.68. The number of hydrogen-bond donors (Lipinski definition) is 1. The van der Waals surface area contributed by atoms with Crippen LogP contribution in [0.25, 0.3) is 0 Å². The molecule has 0 aromatic heterocycles. The van der Waals surface area contributed by atoms with E-state index in [1.807, 2.05) is 35.4 Å².